The average Bonchev–Trinajstić information content (AvgIpc) is 2.31. The molecule has 14 heavy (non-hydrogen) atoms. The van der Waals surface area contributed by atoms with Crippen molar-refractivity contribution in [3.05, 3.63) is 27.7 Å². The largest absolute Gasteiger partial charge is 0.493 e. The summed E-state index contributed by atoms with van der Waals surface area (Å²) in [5, 5.41) is 1.05. The summed E-state index contributed by atoms with van der Waals surface area (Å²) in [4.78, 5) is 0. The molecule has 0 radical (unpaired) electrons. The van der Waals surface area contributed by atoms with Gasteiger partial charge in [0.05, 0.1) is 16.7 Å². The van der Waals surface area contributed by atoms with E-state index in [0.717, 1.165) is 24.2 Å². The molecule has 1 atom stereocenters. The molecule has 0 aliphatic carbocycles. The second-order valence-corrected chi connectivity index (χ2v) is 4.22. The first-order valence-corrected chi connectivity index (χ1v) is 5.31. The second-order valence-electron chi connectivity index (χ2n) is 3.40. The van der Waals surface area contributed by atoms with Gasteiger partial charge in [0.15, 0.2) is 0 Å². The van der Waals surface area contributed by atoms with E-state index in [1.807, 2.05) is 0 Å². The minimum absolute atomic E-state index is 0.00210. The molecule has 0 aromatic heterocycles. The summed E-state index contributed by atoms with van der Waals surface area (Å²) in [7, 11) is 0. The van der Waals surface area contributed by atoms with Crippen LogP contribution in [-0.4, -0.2) is 6.61 Å². The summed E-state index contributed by atoms with van der Waals surface area (Å²) >= 11 is 11.8. The number of hydrogen-bond donors (Lipinski definition) is 1. The van der Waals surface area contributed by atoms with Crippen LogP contribution in [-0.2, 0) is 0 Å². The summed E-state index contributed by atoms with van der Waals surface area (Å²) in [5.41, 5.74) is 6.94. The Morgan fingerprint density at radius 1 is 1.29 bits per heavy atom. The highest BCUT2D eigenvalue weighted by molar-refractivity contribution is 6.42. The maximum Gasteiger partial charge on any atom is 0.125 e. The van der Waals surface area contributed by atoms with Gasteiger partial charge in [0, 0.05) is 17.7 Å². The van der Waals surface area contributed by atoms with Gasteiger partial charge in [-0.15, -0.1) is 0 Å². The van der Waals surface area contributed by atoms with Crippen LogP contribution in [0.5, 0.6) is 5.75 Å². The zero-order valence-electron chi connectivity index (χ0n) is 7.59. The number of benzene rings is 1. The van der Waals surface area contributed by atoms with Crippen molar-refractivity contribution < 1.29 is 4.74 Å². The summed E-state index contributed by atoms with van der Waals surface area (Å²) in [6, 6.07) is 3.54. The summed E-state index contributed by atoms with van der Waals surface area (Å²) in [5.74, 6) is 0.768. The van der Waals surface area contributed by atoms with Gasteiger partial charge >= 0.3 is 0 Å². The zero-order chi connectivity index (χ0) is 10.1. The van der Waals surface area contributed by atoms with Crippen LogP contribution in [0.1, 0.15) is 24.4 Å². The molecule has 0 saturated carbocycles. The van der Waals surface area contributed by atoms with Crippen LogP contribution in [0.3, 0.4) is 0 Å². The molecule has 0 bridgehead atoms. The van der Waals surface area contributed by atoms with Crippen LogP contribution in [0.2, 0.25) is 10.0 Å². The van der Waals surface area contributed by atoms with Gasteiger partial charge in [0.25, 0.3) is 0 Å². The minimum atomic E-state index is 0.00210. The highest BCUT2D eigenvalue weighted by atomic mass is 35.5. The van der Waals surface area contributed by atoms with E-state index in [0.29, 0.717) is 16.7 Å². The van der Waals surface area contributed by atoms with Crippen molar-refractivity contribution in [3.8, 4) is 5.75 Å². The number of hydrogen-bond acceptors (Lipinski definition) is 2. The first kappa shape index (κ1) is 10.1. The van der Waals surface area contributed by atoms with E-state index < -0.39 is 0 Å². The van der Waals surface area contributed by atoms with E-state index in [-0.39, 0.29) is 6.04 Å². The van der Waals surface area contributed by atoms with Gasteiger partial charge in [-0.3, -0.25) is 0 Å². The van der Waals surface area contributed by atoms with Gasteiger partial charge < -0.3 is 10.5 Å². The molecule has 2 nitrogen and oxygen atoms in total. The van der Waals surface area contributed by atoms with Crippen molar-refractivity contribution in [2.45, 2.75) is 18.9 Å². The zero-order valence-corrected chi connectivity index (χ0v) is 9.11. The maximum atomic E-state index is 5.98. The molecule has 0 spiro atoms. The highest BCUT2D eigenvalue weighted by Gasteiger charge is 2.18. The molecule has 1 aliphatic heterocycles. The van der Waals surface area contributed by atoms with Gasteiger partial charge in [0.2, 0.25) is 0 Å². The lowest BCUT2D eigenvalue weighted by Crippen LogP contribution is -2.08. The van der Waals surface area contributed by atoms with Crippen LogP contribution >= 0.6 is 23.2 Å². The Hall–Kier alpha value is -0.440. The van der Waals surface area contributed by atoms with E-state index in [1.165, 1.54) is 0 Å². The van der Waals surface area contributed by atoms with E-state index in [1.54, 1.807) is 12.1 Å². The van der Waals surface area contributed by atoms with Gasteiger partial charge in [-0.05, 0) is 18.9 Å². The van der Waals surface area contributed by atoms with Crippen molar-refractivity contribution in [1.29, 1.82) is 0 Å². The lowest BCUT2D eigenvalue weighted by Gasteiger charge is -2.12. The molecule has 1 aromatic carbocycles. The summed E-state index contributed by atoms with van der Waals surface area (Å²) in [6.07, 6.45) is 1.88. The smallest absolute Gasteiger partial charge is 0.125 e. The number of ether oxygens (including phenoxy) is 1. The summed E-state index contributed by atoms with van der Waals surface area (Å²) < 4.78 is 5.53. The molecule has 76 valence electrons. The molecule has 2 N–H and O–H groups in total. The fourth-order valence-electron chi connectivity index (χ4n) is 1.60. The van der Waals surface area contributed by atoms with Crippen molar-refractivity contribution in [1.82, 2.24) is 0 Å². The third-order valence-corrected chi connectivity index (χ3v) is 3.09. The van der Waals surface area contributed by atoms with Crippen molar-refractivity contribution in [2.75, 3.05) is 6.61 Å². The highest BCUT2D eigenvalue weighted by Crippen LogP contribution is 2.36. The molecular formula is C10H11Cl2NO. The third-order valence-electron chi connectivity index (χ3n) is 2.37. The monoisotopic (exact) mass is 231 g/mol. The van der Waals surface area contributed by atoms with Crippen LogP contribution in [0.15, 0.2) is 12.1 Å². The van der Waals surface area contributed by atoms with Crippen LogP contribution in [0, 0.1) is 0 Å². The van der Waals surface area contributed by atoms with Crippen LogP contribution in [0.25, 0.3) is 0 Å². The minimum Gasteiger partial charge on any atom is -0.493 e. The molecule has 0 amide bonds. The van der Waals surface area contributed by atoms with E-state index in [4.69, 9.17) is 33.7 Å². The number of halogens is 2. The Balaban J connectivity index is 2.49. The molecule has 2 rings (SSSR count). The lowest BCUT2D eigenvalue weighted by atomic mass is 10.0. The summed E-state index contributed by atoms with van der Waals surface area (Å²) in [6.45, 7) is 0.693. The number of rotatable bonds is 0. The molecular weight excluding hydrogens is 221 g/mol. The third kappa shape index (κ3) is 1.83. The molecule has 0 fully saturated rings. The van der Waals surface area contributed by atoms with Gasteiger partial charge in [0.1, 0.15) is 5.75 Å². The van der Waals surface area contributed by atoms with Crippen molar-refractivity contribution in [2.24, 2.45) is 5.73 Å². The molecule has 0 saturated heterocycles. The lowest BCUT2D eigenvalue weighted by molar-refractivity contribution is 0.316. The molecule has 1 aliphatic rings. The molecule has 1 unspecified atom stereocenters. The fourth-order valence-corrected chi connectivity index (χ4v) is 1.93. The van der Waals surface area contributed by atoms with Crippen LogP contribution < -0.4 is 10.5 Å². The van der Waals surface area contributed by atoms with Crippen molar-refractivity contribution >= 4 is 23.2 Å². The first-order valence-electron chi connectivity index (χ1n) is 4.56. The quantitative estimate of drug-likeness (QED) is 0.745. The Kier molecular flexibility index (Phi) is 2.86. The van der Waals surface area contributed by atoms with Gasteiger partial charge in [-0.2, -0.15) is 0 Å². The first-order chi connectivity index (χ1) is 6.68. The number of nitrogens with two attached hydrogens (primary N) is 1. The van der Waals surface area contributed by atoms with E-state index in [2.05, 4.69) is 0 Å². The topological polar surface area (TPSA) is 35.2 Å². The van der Waals surface area contributed by atoms with Crippen molar-refractivity contribution in [3.63, 3.8) is 0 Å². The van der Waals surface area contributed by atoms with Gasteiger partial charge in [-0.1, -0.05) is 23.2 Å². The molecule has 1 heterocycles. The maximum absolute atomic E-state index is 5.98. The molecule has 1 aromatic rings. The van der Waals surface area contributed by atoms with E-state index in [9.17, 15) is 0 Å². The fraction of sp³-hybridized carbons (Fsp3) is 0.400. The second kappa shape index (κ2) is 3.97. The Labute approximate surface area is 92.9 Å². The number of fused-ring (bicyclic) bond motifs is 1. The Morgan fingerprint density at radius 2 is 2.00 bits per heavy atom. The van der Waals surface area contributed by atoms with Gasteiger partial charge in [-0.25, -0.2) is 0 Å². The predicted molar refractivity (Wildman–Crippen MR) is 58.1 cm³/mol. The van der Waals surface area contributed by atoms with E-state index >= 15 is 0 Å². The SMILES string of the molecule is NC1CCCOc2cc(Cl)c(Cl)cc21. The van der Waals surface area contributed by atoms with Crippen LogP contribution in [0.4, 0.5) is 0 Å². The standard InChI is InChI=1S/C10H11Cl2NO/c11-7-4-6-9(13)2-1-3-14-10(6)5-8(7)12/h4-5,9H,1-3,13H2. The Bertz CT molecular complexity index is 354. The molecule has 4 heteroatoms. The Morgan fingerprint density at radius 3 is 2.79 bits per heavy atom. The predicted octanol–water partition coefficient (Wildman–Crippen LogP) is 3.17. The average molecular weight is 232 g/mol. The normalized spacial score (nSPS) is 20.9.